The summed E-state index contributed by atoms with van der Waals surface area (Å²) >= 11 is 1.68. The number of fused-ring (bicyclic) bond motifs is 1. The highest BCUT2D eigenvalue weighted by Crippen LogP contribution is 2.24. The third-order valence-electron chi connectivity index (χ3n) is 4.77. The number of nitrogens with one attached hydrogen (secondary N) is 3. The van der Waals surface area contributed by atoms with Gasteiger partial charge < -0.3 is 20.7 Å². The SMILES string of the molecule is CN=C(NCCNc1nc2ccccc2s1)NCC(C)(C)N1CCOCC1. The summed E-state index contributed by atoms with van der Waals surface area (Å²) in [6.45, 7) is 10.5. The van der Waals surface area contributed by atoms with Gasteiger partial charge >= 0.3 is 0 Å². The fourth-order valence-corrected chi connectivity index (χ4v) is 3.99. The van der Waals surface area contributed by atoms with Crippen LogP contribution in [0.4, 0.5) is 5.13 Å². The Balaban J connectivity index is 1.39. The standard InChI is InChI=1S/C19H30N6OS/c1-19(2,25-10-12-26-13-11-25)14-23-17(20-3)21-8-9-22-18-24-15-6-4-5-7-16(15)27-18/h4-7H,8-14H2,1-3H3,(H,22,24)(H2,20,21,23). The van der Waals surface area contributed by atoms with E-state index in [-0.39, 0.29) is 5.54 Å². The van der Waals surface area contributed by atoms with Crippen LogP contribution in [0.15, 0.2) is 29.3 Å². The molecule has 0 saturated carbocycles. The van der Waals surface area contributed by atoms with Gasteiger partial charge in [-0.2, -0.15) is 0 Å². The van der Waals surface area contributed by atoms with Crippen LogP contribution >= 0.6 is 11.3 Å². The summed E-state index contributed by atoms with van der Waals surface area (Å²) in [5.41, 5.74) is 1.10. The van der Waals surface area contributed by atoms with Gasteiger partial charge in [-0.25, -0.2) is 4.98 Å². The number of morpholine rings is 1. The Kier molecular flexibility index (Phi) is 6.87. The van der Waals surface area contributed by atoms with E-state index in [1.807, 2.05) is 18.2 Å². The molecule has 148 valence electrons. The van der Waals surface area contributed by atoms with Crippen molar-refractivity contribution in [2.75, 3.05) is 58.3 Å². The van der Waals surface area contributed by atoms with Crippen LogP contribution in [-0.2, 0) is 4.74 Å². The highest BCUT2D eigenvalue weighted by molar-refractivity contribution is 7.22. The molecule has 2 aromatic rings. The number of nitrogens with zero attached hydrogens (tertiary/aromatic N) is 3. The van der Waals surface area contributed by atoms with Crippen molar-refractivity contribution in [2.45, 2.75) is 19.4 Å². The number of rotatable bonds is 7. The molecular formula is C19H30N6OS. The minimum atomic E-state index is 0.0562. The van der Waals surface area contributed by atoms with Gasteiger partial charge in [0.2, 0.25) is 0 Å². The van der Waals surface area contributed by atoms with Gasteiger partial charge in [-0.3, -0.25) is 9.89 Å². The van der Waals surface area contributed by atoms with Gasteiger partial charge in [0.25, 0.3) is 0 Å². The average molecular weight is 391 g/mol. The number of aliphatic imine (C=N–C) groups is 1. The van der Waals surface area contributed by atoms with Crippen molar-refractivity contribution in [3.63, 3.8) is 0 Å². The lowest BCUT2D eigenvalue weighted by molar-refractivity contribution is -0.00833. The first-order valence-corrected chi connectivity index (χ1v) is 10.3. The lowest BCUT2D eigenvalue weighted by Gasteiger charge is -2.41. The van der Waals surface area contributed by atoms with E-state index < -0.39 is 0 Å². The fraction of sp³-hybridized carbons (Fsp3) is 0.579. The molecule has 0 aliphatic carbocycles. The number of anilines is 1. The molecule has 0 spiro atoms. The molecule has 0 amide bonds. The number of hydrogen-bond donors (Lipinski definition) is 3. The fourth-order valence-electron chi connectivity index (χ4n) is 3.10. The Morgan fingerprint density at radius 1 is 1.22 bits per heavy atom. The number of hydrogen-bond acceptors (Lipinski definition) is 6. The summed E-state index contributed by atoms with van der Waals surface area (Å²) in [4.78, 5) is 11.4. The quantitative estimate of drug-likeness (QED) is 0.381. The Hall–Kier alpha value is -1.90. The molecule has 0 radical (unpaired) electrons. The van der Waals surface area contributed by atoms with E-state index in [1.54, 1.807) is 18.4 Å². The molecule has 0 unspecified atom stereocenters. The van der Waals surface area contributed by atoms with Crippen LogP contribution in [0.3, 0.4) is 0 Å². The molecule has 1 aliphatic heterocycles. The Labute approximate surface area is 165 Å². The number of para-hydroxylation sites is 1. The third-order valence-corrected chi connectivity index (χ3v) is 5.76. The highest BCUT2D eigenvalue weighted by Gasteiger charge is 2.28. The number of ether oxygens (including phenoxy) is 1. The second kappa shape index (κ2) is 9.34. The first kappa shape index (κ1) is 19.9. The van der Waals surface area contributed by atoms with Crippen molar-refractivity contribution in [3.8, 4) is 0 Å². The maximum absolute atomic E-state index is 5.45. The maximum atomic E-state index is 5.45. The van der Waals surface area contributed by atoms with E-state index in [0.29, 0.717) is 0 Å². The van der Waals surface area contributed by atoms with E-state index in [9.17, 15) is 0 Å². The van der Waals surface area contributed by atoms with Crippen LogP contribution in [0.5, 0.6) is 0 Å². The minimum absolute atomic E-state index is 0.0562. The van der Waals surface area contributed by atoms with Gasteiger partial charge in [-0.15, -0.1) is 0 Å². The zero-order valence-electron chi connectivity index (χ0n) is 16.4. The van der Waals surface area contributed by atoms with Gasteiger partial charge in [0.15, 0.2) is 11.1 Å². The summed E-state index contributed by atoms with van der Waals surface area (Å²) in [5, 5.41) is 11.1. The summed E-state index contributed by atoms with van der Waals surface area (Å²) in [6, 6.07) is 8.19. The monoisotopic (exact) mass is 390 g/mol. The summed E-state index contributed by atoms with van der Waals surface area (Å²) in [7, 11) is 1.80. The Morgan fingerprint density at radius 3 is 2.74 bits per heavy atom. The predicted molar refractivity (Wildman–Crippen MR) is 114 cm³/mol. The highest BCUT2D eigenvalue weighted by atomic mass is 32.1. The molecule has 1 fully saturated rings. The van der Waals surface area contributed by atoms with Crippen molar-refractivity contribution in [2.24, 2.45) is 4.99 Å². The first-order valence-electron chi connectivity index (χ1n) is 9.45. The van der Waals surface area contributed by atoms with E-state index in [1.165, 1.54) is 4.70 Å². The zero-order chi connectivity index (χ0) is 19.1. The molecule has 0 atom stereocenters. The largest absolute Gasteiger partial charge is 0.379 e. The number of thiazole rings is 1. The first-order chi connectivity index (χ1) is 13.1. The molecule has 1 aliphatic rings. The Bertz CT molecular complexity index is 720. The van der Waals surface area contributed by atoms with Gasteiger partial charge in [-0.1, -0.05) is 23.5 Å². The Morgan fingerprint density at radius 2 is 2.00 bits per heavy atom. The van der Waals surface area contributed by atoms with Crippen molar-refractivity contribution >= 4 is 32.6 Å². The van der Waals surface area contributed by atoms with E-state index in [0.717, 1.165) is 62.5 Å². The number of aromatic nitrogens is 1. The van der Waals surface area contributed by atoms with Crippen LogP contribution in [0.2, 0.25) is 0 Å². The van der Waals surface area contributed by atoms with Crippen molar-refractivity contribution in [3.05, 3.63) is 24.3 Å². The zero-order valence-corrected chi connectivity index (χ0v) is 17.2. The van der Waals surface area contributed by atoms with Gasteiger partial charge in [0.1, 0.15) is 0 Å². The molecule has 1 aromatic carbocycles. The molecule has 1 aromatic heterocycles. The van der Waals surface area contributed by atoms with Crippen LogP contribution in [0, 0.1) is 0 Å². The molecule has 27 heavy (non-hydrogen) atoms. The maximum Gasteiger partial charge on any atom is 0.191 e. The van der Waals surface area contributed by atoms with Crippen molar-refractivity contribution < 1.29 is 4.74 Å². The van der Waals surface area contributed by atoms with Crippen molar-refractivity contribution in [1.82, 2.24) is 20.5 Å². The predicted octanol–water partition coefficient (Wildman–Crippen LogP) is 1.98. The second-order valence-corrected chi connectivity index (χ2v) is 8.21. The minimum Gasteiger partial charge on any atom is -0.379 e. The lowest BCUT2D eigenvalue weighted by Crippen LogP contribution is -2.56. The van der Waals surface area contributed by atoms with Crippen molar-refractivity contribution in [1.29, 1.82) is 0 Å². The molecule has 3 N–H and O–H groups in total. The van der Waals surface area contributed by atoms with Gasteiger partial charge in [0.05, 0.1) is 23.4 Å². The van der Waals surface area contributed by atoms with Gasteiger partial charge in [0, 0.05) is 45.3 Å². The number of guanidine groups is 1. The topological polar surface area (TPSA) is 73.8 Å². The normalized spacial score (nSPS) is 16.5. The molecule has 3 rings (SSSR count). The third kappa shape index (κ3) is 5.54. The molecule has 0 bridgehead atoms. The van der Waals surface area contributed by atoms with Gasteiger partial charge in [-0.05, 0) is 26.0 Å². The summed E-state index contributed by atoms with van der Waals surface area (Å²) in [5.74, 6) is 0.822. The van der Waals surface area contributed by atoms with E-state index >= 15 is 0 Å². The van der Waals surface area contributed by atoms with Crippen LogP contribution < -0.4 is 16.0 Å². The number of benzene rings is 1. The van der Waals surface area contributed by atoms with Crippen LogP contribution in [-0.4, -0.2) is 74.4 Å². The van der Waals surface area contributed by atoms with E-state index in [2.05, 4.69) is 50.7 Å². The molecule has 2 heterocycles. The molecular weight excluding hydrogens is 360 g/mol. The molecule has 8 heteroatoms. The van der Waals surface area contributed by atoms with E-state index in [4.69, 9.17) is 4.74 Å². The second-order valence-electron chi connectivity index (χ2n) is 7.18. The molecule has 1 saturated heterocycles. The average Bonchev–Trinajstić information content (AvgIpc) is 3.11. The van der Waals surface area contributed by atoms with Crippen LogP contribution in [0.25, 0.3) is 10.2 Å². The van der Waals surface area contributed by atoms with Crippen LogP contribution in [0.1, 0.15) is 13.8 Å². The lowest BCUT2D eigenvalue weighted by atomic mass is 10.0. The molecule has 7 nitrogen and oxygen atoms in total. The smallest absolute Gasteiger partial charge is 0.191 e. The summed E-state index contributed by atoms with van der Waals surface area (Å²) in [6.07, 6.45) is 0. The summed E-state index contributed by atoms with van der Waals surface area (Å²) < 4.78 is 6.66.